The van der Waals surface area contributed by atoms with Gasteiger partial charge in [0.1, 0.15) is 35.6 Å². The zero-order chi connectivity index (χ0) is 19.9. The third-order valence-electron chi connectivity index (χ3n) is 3.92. The van der Waals surface area contributed by atoms with Gasteiger partial charge in [0.05, 0.1) is 13.2 Å². The number of allylic oxidation sites excluding steroid dienone is 4. The van der Waals surface area contributed by atoms with Gasteiger partial charge in [0.2, 0.25) is 0 Å². The Kier molecular flexibility index (Phi) is 11.8. The van der Waals surface area contributed by atoms with E-state index in [1.807, 2.05) is 19.1 Å². The number of methoxy groups -OCH3 is 1. The lowest BCUT2D eigenvalue weighted by Crippen LogP contribution is -2.36. The van der Waals surface area contributed by atoms with Crippen molar-refractivity contribution in [3.63, 3.8) is 0 Å². The number of hydrogen-bond donors (Lipinski definition) is 0. The van der Waals surface area contributed by atoms with Crippen LogP contribution in [-0.2, 0) is 9.47 Å². The minimum absolute atomic E-state index is 0.0434. The van der Waals surface area contributed by atoms with Crippen molar-refractivity contribution < 1.29 is 9.47 Å². The molecule has 0 aliphatic carbocycles. The smallest absolute Gasteiger partial charge is 0.166 e. The van der Waals surface area contributed by atoms with Crippen LogP contribution in [0.3, 0.4) is 0 Å². The van der Waals surface area contributed by atoms with E-state index in [2.05, 4.69) is 4.90 Å². The molecule has 0 aromatic rings. The number of hydrogen-bond acceptors (Lipinski definition) is 7. The fraction of sp³-hybridized carbons (Fsp3) is 0.579. The van der Waals surface area contributed by atoms with Crippen LogP contribution in [0.5, 0.6) is 0 Å². The molecular formula is C19H25N5O2. The normalized spacial score (nSPS) is 14.9. The van der Waals surface area contributed by atoms with Gasteiger partial charge in [-0.25, -0.2) is 0 Å². The van der Waals surface area contributed by atoms with Crippen LogP contribution >= 0.6 is 0 Å². The summed E-state index contributed by atoms with van der Waals surface area (Å²) in [6, 6.07) is 7.34. The minimum Gasteiger partial charge on any atom is -0.496 e. The number of likely N-dealkylation sites (tertiary alicyclic amines) is 1. The fourth-order valence-corrected chi connectivity index (χ4v) is 2.56. The molecule has 138 valence electrons. The second-order valence-corrected chi connectivity index (χ2v) is 5.68. The maximum absolute atomic E-state index is 8.81. The summed E-state index contributed by atoms with van der Waals surface area (Å²) >= 11 is 0. The molecule has 1 aliphatic heterocycles. The van der Waals surface area contributed by atoms with Crippen molar-refractivity contribution in [1.82, 2.24) is 4.90 Å². The van der Waals surface area contributed by atoms with Crippen LogP contribution in [-0.4, -0.2) is 38.3 Å². The van der Waals surface area contributed by atoms with Crippen LogP contribution in [0, 0.1) is 51.2 Å². The lowest BCUT2D eigenvalue weighted by molar-refractivity contribution is 0.104. The molecule has 0 amide bonds. The van der Waals surface area contributed by atoms with Crippen molar-refractivity contribution in [1.29, 1.82) is 21.0 Å². The highest BCUT2D eigenvalue weighted by Gasteiger charge is 2.21. The molecule has 0 aromatic carbocycles. The number of ether oxygens (including phenoxy) is 2. The average Bonchev–Trinajstić information content (AvgIpc) is 2.65. The number of nitrogens with zero attached hydrogens (tertiary/aromatic N) is 5. The van der Waals surface area contributed by atoms with E-state index >= 15 is 0 Å². The SMILES string of the molecule is CCOC(C)=C(C#N)C#N.COC[C@H]1CCCN(C(C)=C(C#N)C#N)C1. The van der Waals surface area contributed by atoms with Gasteiger partial charge in [-0.1, -0.05) is 0 Å². The lowest BCUT2D eigenvalue weighted by Gasteiger charge is -2.34. The number of piperidine rings is 1. The summed E-state index contributed by atoms with van der Waals surface area (Å²) in [6.07, 6.45) is 2.25. The van der Waals surface area contributed by atoms with Crippen LogP contribution in [0.4, 0.5) is 0 Å². The molecule has 1 aliphatic rings. The molecule has 7 nitrogen and oxygen atoms in total. The molecule has 0 unspecified atom stereocenters. The van der Waals surface area contributed by atoms with Crippen LogP contribution in [0.2, 0.25) is 0 Å². The zero-order valence-electron chi connectivity index (χ0n) is 15.9. The summed E-state index contributed by atoms with van der Waals surface area (Å²) < 4.78 is 10.1. The number of nitriles is 4. The van der Waals surface area contributed by atoms with E-state index in [1.165, 1.54) is 0 Å². The first-order valence-electron chi connectivity index (χ1n) is 8.37. The molecular weight excluding hydrogens is 330 g/mol. The van der Waals surface area contributed by atoms with Gasteiger partial charge in [0.25, 0.3) is 0 Å². The largest absolute Gasteiger partial charge is 0.496 e. The Labute approximate surface area is 155 Å². The molecule has 1 saturated heterocycles. The predicted octanol–water partition coefficient (Wildman–Crippen LogP) is 3.01. The van der Waals surface area contributed by atoms with Crippen molar-refractivity contribution in [2.75, 3.05) is 33.4 Å². The monoisotopic (exact) mass is 355 g/mol. The summed E-state index contributed by atoms with van der Waals surface area (Å²) in [7, 11) is 1.71. The van der Waals surface area contributed by atoms with Crippen molar-refractivity contribution in [2.45, 2.75) is 33.6 Å². The van der Waals surface area contributed by atoms with Gasteiger partial charge in [0, 0.05) is 25.9 Å². The van der Waals surface area contributed by atoms with Gasteiger partial charge < -0.3 is 14.4 Å². The summed E-state index contributed by atoms with van der Waals surface area (Å²) in [6.45, 7) is 8.29. The van der Waals surface area contributed by atoms with E-state index in [9.17, 15) is 0 Å². The second-order valence-electron chi connectivity index (χ2n) is 5.68. The maximum Gasteiger partial charge on any atom is 0.166 e. The molecule has 1 rings (SSSR count). The summed E-state index contributed by atoms with van der Waals surface area (Å²) in [5.41, 5.74) is 1.06. The van der Waals surface area contributed by atoms with Gasteiger partial charge >= 0.3 is 0 Å². The molecule has 1 heterocycles. The molecule has 0 bridgehead atoms. The zero-order valence-corrected chi connectivity index (χ0v) is 15.9. The highest BCUT2D eigenvalue weighted by atomic mass is 16.5. The quantitative estimate of drug-likeness (QED) is 0.549. The summed E-state index contributed by atoms with van der Waals surface area (Å²) in [5.74, 6) is 0.903. The van der Waals surface area contributed by atoms with Crippen LogP contribution in [0.1, 0.15) is 33.6 Å². The molecule has 1 fully saturated rings. The predicted molar refractivity (Wildman–Crippen MR) is 95.7 cm³/mol. The van der Waals surface area contributed by atoms with Crippen LogP contribution in [0.25, 0.3) is 0 Å². The maximum atomic E-state index is 8.81. The molecule has 0 N–H and O–H groups in total. The first kappa shape index (κ1) is 23.0. The van der Waals surface area contributed by atoms with Crippen molar-refractivity contribution >= 4 is 0 Å². The van der Waals surface area contributed by atoms with Gasteiger partial charge in [0.15, 0.2) is 5.57 Å². The Bertz CT molecular complexity index is 649. The highest BCUT2D eigenvalue weighted by Crippen LogP contribution is 2.21. The van der Waals surface area contributed by atoms with Crippen LogP contribution < -0.4 is 0 Å². The molecule has 0 spiro atoms. The van der Waals surface area contributed by atoms with E-state index in [1.54, 1.807) is 33.1 Å². The van der Waals surface area contributed by atoms with Gasteiger partial charge in [-0.2, -0.15) is 21.0 Å². The molecule has 1 atom stereocenters. The molecule has 26 heavy (non-hydrogen) atoms. The van der Waals surface area contributed by atoms with E-state index in [4.69, 9.17) is 30.5 Å². The van der Waals surface area contributed by atoms with Crippen LogP contribution in [0.15, 0.2) is 22.6 Å². The van der Waals surface area contributed by atoms with Crippen molar-refractivity contribution in [3.05, 3.63) is 22.6 Å². The van der Waals surface area contributed by atoms with E-state index in [-0.39, 0.29) is 11.1 Å². The Morgan fingerprint density at radius 2 is 1.62 bits per heavy atom. The minimum atomic E-state index is 0.0434. The van der Waals surface area contributed by atoms with E-state index in [0.29, 0.717) is 18.3 Å². The lowest BCUT2D eigenvalue weighted by atomic mass is 9.98. The van der Waals surface area contributed by atoms with Crippen molar-refractivity contribution in [3.8, 4) is 24.3 Å². The summed E-state index contributed by atoms with van der Waals surface area (Å²) in [4.78, 5) is 2.12. The van der Waals surface area contributed by atoms with E-state index < -0.39 is 0 Å². The molecule has 7 heteroatoms. The van der Waals surface area contributed by atoms with Crippen molar-refractivity contribution in [2.24, 2.45) is 5.92 Å². The first-order valence-corrected chi connectivity index (χ1v) is 8.37. The average molecular weight is 355 g/mol. The Morgan fingerprint density at radius 3 is 2.08 bits per heavy atom. The molecule has 0 aromatic heterocycles. The Balaban J connectivity index is 0.000000541. The third kappa shape index (κ3) is 7.71. The first-order chi connectivity index (χ1) is 12.5. The molecule has 0 radical (unpaired) electrons. The van der Waals surface area contributed by atoms with Gasteiger partial charge in [-0.15, -0.1) is 0 Å². The highest BCUT2D eigenvalue weighted by molar-refractivity contribution is 5.39. The van der Waals surface area contributed by atoms with Gasteiger partial charge in [-0.05, 0) is 39.5 Å². The third-order valence-corrected chi connectivity index (χ3v) is 3.92. The molecule has 0 saturated carbocycles. The Morgan fingerprint density at radius 1 is 1.04 bits per heavy atom. The number of rotatable bonds is 5. The topological polar surface area (TPSA) is 117 Å². The fourth-order valence-electron chi connectivity index (χ4n) is 2.56. The standard InChI is InChI=1S/C12H17N3O.C7H8N2O/c1-10(12(6-13)7-14)15-5-3-4-11(8-15)9-16-2;1-3-10-6(2)7(4-8)5-9/h11H,3-5,8-9H2,1-2H3;3H2,1-2H3/t11-;/m0./s1. The van der Waals surface area contributed by atoms with E-state index in [0.717, 1.165) is 38.2 Å². The Hall–Kier alpha value is -3.00. The summed E-state index contributed by atoms with van der Waals surface area (Å²) in [5, 5.41) is 34.3. The second kappa shape index (κ2) is 13.3. The van der Waals surface area contributed by atoms with Gasteiger partial charge in [-0.3, -0.25) is 0 Å².